The van der Waals surface area contributed by atoms with Gasteiger partial charge in [0.25, 0.3) is 0 Å². The summed E-state index contributed by atoms with van der Waals surface area (Å²) < 4.78 is 39.8. The third-order valence-corrected chi connectivity index (χ3v) is 8.96. The SMILES string of the molecule is CCC(C)(C[C@H]1O[C@@H](n2cc3c(F)c(C)[nH]c3nc2=S)[C@@H](O)C1O)OP(=O)(O)C(C)(O)CC. The Kier molecular flexibility index (Phi) is 7.26. The number of nitrogens with zero attached hydrogens (tertiary/aromatic N) is 2. The summed E-state index contributed by atoms with van der Waals surface area (Å²) in [6.07, 6.45) is -3.43. The highest BCUT2D eigenvalue weighted by atomic mass is 32.1. The summed E-state index contributed by atoms with van der Waals surface area (Å²) in [7, 11) is -4.46. The predicted molar refractivity (Wildman–Crippen MR) is 121 cm³/mol. The number of aliphatic hydroxyl groups excluding tert-OH is 2. The molecule has 1 aliphatic heterocycles. The molecule has 0 spiro atoms. The van der Waals surface area contributed by atoms with Crippen molar-refractivity contribution < 1.29 is 38.4 Å². The van der Waals surface area contributed by atoms with E-state index in [-0.39, 0.29) is 40.8 Å². The molecule has 186 valence electrons. The molecular formula is C20H31FN3O7PS. The highest BCUT2D eigenvalue weighted by Gasteiger charge is 2.50. The Morgan fingerprint density at radius 2 is 1.97 bits per heavy atom. The van der Waals surface area contributed by atoms with Crippen LogP contribution >= 0.6 is 19.8 Å². The lowest BCUT2D eigenvalue weighted by atomic mass is 9.93. The Morgan fingerprint density at radius 3 is 2.55 bits per heavy atom. The lowest BCUT2D eigenvalue weighted by Crippen LogP contribution is -2.40. The van der Waals surface area contributed by atoms with Gasteiger partial charge in [0.2, 0.25) is 4.77 Å². The molecule has 10 nitrogen and oxygen atoms in total. The lowest BCUT2D eigenvalue weighted by Gasteiger charge is -2.37. The average molecular weight is 508 g/mol. The van der Waals surface area contributed by atoms with Crippen LogP contribution in [-0.2, 0) is 13.8 Å². The smallest absolute Gasteiger partial charge is 0.359 e. The van der Waals surface area contributed by atoms with Gasteiger partial charge in [-0.3, -0.25) is 9.13 Å². The van der Waals surface area contributed by atoms with Crippen LogP contribution < -0.4 is 0 Å². The molecule has 7 atom stereocenters. The van der Waals surface area contributed by atoms with E-state index in [2.05, 4.69) is 9.97 Å². The van der Waals surface area contributed by atoms with E-state index in [0.29, 0.717) is 0 Å². The molecule has 5 N–H and O–H groups in total. The van der Waals surface area contributed by atoms with Gasteiger partial charge in [0.05, 0.1) is 22.8 Å². The van der Waals surface area contributed by atoms with Gasteiger partial charge >= 0.3 is 7.60 Å². The number of fused-ring (bicyclic) bond motifs is 1. The highest BCUT2D eigenvalue weighted by Crippen LogP contribution is 2.59. The normalized spacial score (nSPS) is 29.0. The summed E-state index contributed by atoms with van der Waals surface area (Å²) in [4.78, 5) is 17.3. The first-order chi connectivity index (χ1) is 15.2. The van der Waals surface area contributed by atoms with Gasteiger partial charge in [-0.1, -0.05) is 13.8 Å². The fourth-order valence-electron chi connectivity index (χ4n) is 3.74. The number of aromatic amines is 1. The summed E-state index contributed by atoms with van der Waals surface area (Å²) in [6, 6.07) is 0. The first kappa shape index (κ1) is 26.4. The fraction of sp³-hybridized carbons (Fsp3) is 0.700. The number of ether oxygens (including phenoxy) is 1. The second-order valence-electron chi connectivity index (χ2n) is 8.99. The lowest BCUT2D eigenvalue weighted by molar-refractivity contribution is -0.0707. The van der Waals surface area contributed by atoms with Crippen LogP contribution in [-0.4, -0.2) is 64.0 Å². The van der Waals surface area contributed by atoms with Crippen LogP contribution in [0.15, 0.2) is 6.20 Å². The molecule has 4 unspecified atom stereocenters. The van der Waals surface area contributed by atoms with Crippen molar-refractivity contribution in [1.82, 2.24) is 14.5 Å². The molecule has 0 bridgehead atoms. The average Bonchev–Trinajstić information content (AvgIpc) is 3.16. The Bertz CT molecular complexity index is 1140. The molecule has 3 rings (SSSR count). The minimum Gasteiger partial charge on any atom is -0.388 e. The van der Waals surface area contributed by atoms with Gasteiger partial charge in [0.1, 0.15) is 17.9 Å². The summed E-state index contributed by atoms with van der Waals surface area (Å²) >= 11 is 5.27. The monoisotopic (exact) mass is 507 g/mol. The largest absolute Gasteiger partial charge is 0.388 e. The van der Waals surface area contributed by atoms with Gasteiger partial charge in [0, 0.05) is 12.6 Å². The number of H-pyrrole nitrogens is 1. The van der Waals surface area contributed by atoms with Crippen molar-refractivity contribution in [1.29, 1.82) is 0 Å². The van der Waals surface area contributed by atoms with E-state index >= 15 is 0 Å². The topological polar surface area (TPSA) is 150 Å². The van der Waals surface area contributed by atoms with Crippen molar-refractivity contribution in [2.45, 2.75) is 89.4 Å². The van der Waals surface area contributed by atoms with Crippen molar-refractivity contribution in [3.8, 4) is 0 Å². The molecule has 2 aromatic rings. The Hall–Kier alpha value is -1.24. The molecule has 1 aliphatic rings. The van der Waals surface area contributed by atoms with E-state index in [1.54, 1.807) is 27.7 Å². The number of hydrogen-bond donors (Lipinski definition) is 5. The van der Waals surface area contributed by atoms with E-state index in [1.165, 1.54) is 17.7 Å². The van der Waals surface area contributed by atoms with Gasteiger partial charge in [0.15, 0.2) is 17.4 Å². The molecule has 0 amide bonds. The quantitative estimate of drug-likeness (QED) is 0.268. The first-order valence-electron chi connectivity index (χ1n) is 10.7. The van der Waals surface area contributed by atoms with E-state index in [1.807, 2.05) is 0 Å². The molecule has 33 heavy (non-hydrogen) atoms. The van der Waals surface area contributed by atoms with Gasteiger partial charge in [-0.05, 0) is 45.8 Å². The zero-order valence-electron chi connectivity index (χ0n) is 19.1. The number of aromatic nitrogens is 3. The molecule has 1 saturated heterocycles. The van der Waals surface area contributed by atoms with Crippen LogP contribution in [0.2, 0.25) is 0 Å². The number of halogens is 1. The zero-order chi connectivity index (χ0) is 24.9. The maximum absolute atomic E-state index is 14.4. The molecule has 0 aliphatic carbocycles. The molecule has 2 aromatic heterocycles. The second kappa shape index (κ2) is 9.09. The van der Waals surface area contributed by atoms with E-state index in [0.717, 1.165) is 0 Å². The first-order valence-corrected chi connectivity index (χ1v) is 12.7. The maximum atomic E-state index is 14.4. The Balaban J connectivity index is 1.88. The Labute approximate surface area is 195 Å². The zero-order valence-corrected chi connectivity index (χ0v) is 20.9. The van der Waals surface area contributed by atoms with Crippen LogP contribution in [0.4, 0.5) is 4.39 Å². The number of nitrogens with one attached hydrogen (secondary N) is 1. The van der Waals surface area contributed by atoms with Crippen LogP contribution in [0.25, 0.3) is 11.0 Å². The maximum Gasteiger partial charge on any atom is 0.359 e. The Morgan fingerprint density at radius 1 is 1.33 bits per heavy atom. The number of rotatable bonds is 8. The van der Waals surface area contributed by atoms with Gasteiger partial charge in [-0.25, -0.2) is 9.37 Å². The summed E-state index contributed by atoms with van der Waals surface area (Å²) in [5.41, 5.74) is -0.732. The molecule has 13 heteroatoms. The molecule has 0 radical (unpaired) electrons. The molecule has 0 saturated carbocycles. The summed E-state index contributed by atoms with van der Waals surface area (Å²) in [5, 5.41) is 29.8. The number of aryl methyl sites for hydroxylation is 1. The standard InChI is InChI=1S/C20H31FN3O7PS/c1-6-19(4,31-32(28,29)20(5,27)7-2)8-12-14(25)15(26)17(30-12)24-9-11-13(21)10(3)22-16(11)23-18(24)33/h9,12,14-15,17,25-27H,6-8H2,1-5H3,(H,28,29)(H,22,23,33)/t12-,14?,15+,17-,19?,20?/m1/s1. The third kappa shape index (κ3) is 4.81. The van der Waals surface area contributed by atoms with Crippen LogP contribution in [0.1, 0.15) is 58.9 Å². The number of hydrogen-bond acceptors (Lipinski definition) is 8. The van der Waals surface area contributed by atoms with Crippen molar-refractivity contribution in [2.24, 2.45) is 0 Å². The van der Waals surface area contributed by atoms with Crippen molar-refractivity contribution in [2.75, 3.05) is 0 Å². The fourth-order valence-corrected chi connectivity index (χ4v) is 5.38. The van der Waals surface area contributed by atoms with E-state index in [4.69, 9.17) is 21.5 Å². The second-order valence-corrected chi connectivity index (χ2v) is 11.5. The van der Waals surface area contributed by atoms with Crippen LogP contribution in [0, 0.1) is 17.5 Å². The minimum absolute atomic E-state index is 0.00711. The van der Waals surface area contributed by atoms with Gasteiger partial charge in [-0.15, -0.1) is 0 Å². The summed E-state index contributed by atoms with van der Waals surface area (Å²) in [6.45, 7) is 7.61. The molecule has 1 fully saturated rings. The van der Waals surface area contributed by atoms with E-state index in [9.17, 15) is 29.2 Å². The third-order valence-electron chi connectivity index (χ3n) is 6.44. The predicted octanol–water partition coefficient (Wildman–Crippen LogP) is 3.04. The van der Waals surface area contributed by atoms with Crippen LogP contribution in [0.3, 0.4) is 0 Å². The van der Waals surface area contributed by atoms with Gasteiger partial charge < -0.3 is 34.5 Å². The molecular weight excluding hydrogens is 476 g/mol. The summed E-state index contributed by atoms with van der Waals surface area (Å²) in [5.74, 6) is -0.514. The van der Waals surface area contributed by atoms with Gasteiger partial charge in [-0.2, -0.15) is 0 Å². The van der Waals surface area contributed by atoms with Crippen molar-refractivity contribution in [3.63, 3.8) is 0 Å². The van der Waals surface area contributed by atoms with Crippen molar-refractivity contribution in [3.05, 3.63) is 22.5 Å². The highest BCUT2D eigenvalue weighted by molar-refractivity contribution is 7.71. The number of aliphatic hydroxyl groups is 3. The molecule has 0 aromatic carbocycles. The van der Waals surface area contributed by atoms with Crippen LogP contribution in [0.5, 0.6) is 0 Å². The van der Waals surface area contributed by atoms with Crippen molar-refractivity contribution >= 4 is 30.8 Å². The molecule has 3 heterocycles. The minimum atomic E-state index is -4.46. The van der Waals surface area contributed by atoms with E-state index < -0.39 is 48.9 Å².